The van der Waals surface area contributed by atoms with Crippen molar-refractivity contribution in [3.05, 3.63) is 42.2 Å². The van der Waals surface area contributed by atoms with Gasteiger partial charge in [0.1, 0.15) is 11.3 Å². The van der Waals surface area contributed by atoms with Crippen molar-refractivity contribution in [1.82, 2.24) is 20.3 Å². The number of nitrogens with zero attached hydrogens (tertiary/aromatic N) is 2. The van der Waals surface area contributed by atoms with E-state index in [4.69, 9.17) is 9.94 Å². The number of hydrogen-bond acceptors (Lipinski definition) is 6. The van der Waals surface area contributed by atoms with Crippen LogP contribution in [0.25, 0.3) is 21.8 Å². The molecule has 3 aromatic rings. The summed E-state index contributed by atoms with van der Waals surface area (Å²) in [6, 6.07) is 8.99. The van der Waals surface area contributed by atoms with Crippen molar-refractivity contribution in [1.29, 1.82) is 0 Å². The number of carbonyl (C=O) groups excluding carboxylic acids is 3. The van der Waals surface area contributed by atoms with E-state index in [1.54, 1.807) is 32.3 Å². The lowest BCUT2D eigenvalue weighted by Gasteiger charge is -2.20. The third kappa shape index (κ3) is 4.57. The second kappa shape index (κ2) is 8.50. The Morgan fingerprint density at radius 1 is 1.13 bits per heavy atom. The van der Waals surface area contributed by atoms with Gasteiger partial charge in [-0.05, 0) is 39.3 Å². The number of pyridine rings is 1. The Balaban J connectivity index is 1.91. The number of fused-ring (bicyclic) bond motifs is 3. The zero-order chi connectivity index (χ0) is 21.9. The van der Waals surface area contributed by atoms with Gasteiger partial charge in [-0.25, -0.2) is 19.8 Å². The fourth-order valence-corrected chi connectivity index (χ4v) is 3.09. The molecular formula is C21H24N4O5. The minimum Gasteiger partial charge on any atom is -0.443 e. The van der Waals surface area contributed by atoms with E-state index in [0.29, 0.717) is 22.8 Å². The van der Waals surface area contributed by atoms with E-state index < -0.39 is 23.5 Å². The normalized spacial score (nSPS) is 11.5. The molecule has 0 aliphatic heterocycles. The second-order valence-corrected chi connectivity index (χ2v) is 7.81. The van der Waals surface area contributed by atoms with E-state index in [1.807, 2.05) is 24.3 Å². The molecule has 2 aromatic heterocycles. The van der Waals surface area contributed by atoms with E-state index >= 15 is 0 Å². The first-order valence-corrected chi connectivity index (χ1v) is 9.55. The van der Waals surface area contributed by atoms with Gasteiger partial charge in [0.05, 0.1) is 17.2 Å². The van der Waals surface area contributed by atoms with Crippen molar-refractivity contribution in [2.24, 2.45) is 0 Å². The molecule has 2 amide bonds. The van der Waals surface area contributed by atoms with Gasteiger partial charge in [0.25, 0.3) is 5.91 Å². The van der Waals surface area contributed by atoms with Crippen LogP contribution in [0.4, 0.5) is 4.79 Å². The van der Waals surface area contributed by atoms with Gasteiger partial charge in [-0.3, -0.25) is 14.8 Å². The molecule has 0 aliphatic carbocycles. The van der Waals surface area contributed by atoms with Crippen molar-refractivity contribution in [3.63, 3.8) is 0 Å². The molecule has 0 unspecified atom stereocenters. The summed E-state index contributed by atoms with van der Waals surface area (Å²) in [7, 11) is 0. The molecule has 0 atom stereocenters. The molecule has 30 heavy (non-hydrogen) atoms. The Kier molecular flexibility index (Phi) is 6.02. The number of hydrogen-bond donors (Lipinski definition) is 3. The quantitative estimate of drug-likeness (QED) is 0.336. The Labute approximate surface area is 173 Å². The van der Waals surface area contributed by atoms with E-state index in [9.17, 15) is 14.4 Å². The monoisotopic (exact) mass is 412 g/mol. The van der Waals surface area contributed by atoms with Gasteiger partial charge < -0.3 is 10.1 Å². The van der Waals surface area contributed by atoms with E-state index in [0.717, 1.165) is 5.39 Å². The first-order valence-electron chi connectivity index (χ1n) is 9.55. The lowest BCUT2D eigenvalue weighted by molar-refractivity contribution is -0.129. The number of para-hydroxylation sites is 1. The molecule has 0 fully saturated rings. The third-order valence-corrected chi connectivity index (χ3v) is 4.36. The number of rotatable bonds is 5. The average molecular weight is 412 g/mol. The molecule has 0 radical (unpaired) electrons. The molecule has 9 heteroatoms. The van der Waals surface area contributed by atoms with Crippen LogP contribution < -0.4 is 10.8 Å². The molecule has 3 N–H and O–H groups in total. The Hall–Kier alpha value is -3.46. The summed E-state index contributed by atoms with van der Waals surface area (Å²) in [6.45, 7) is 5.64. The number of amides is 2. The number of aromatic nitrogens is 2. The van der Waals surface area contributed by atoms with Crippen LogP contribution in [0.1, 0.15) is 44.1 Å². The maximum absolute atomic E-state index is 12.8. The molecule has 158 valence electrons. The number of carbonyl (C=O) groups is 3. The van der Waals surface area contributed by atoms with Crippen molar-refractivity contribution >= 4 is 39.7 Å². The van der Waals surface area contributed by atoms with Crippen LogP contribution in [0, 0.1) is 0 Å². The van der Waals surface area contributed by atoms with Crippen LogP contribution in [-0.2, 0) is 9.53 Å². The fraction of sp³-hybridized carbons (Fsp3) is 0.333. The smallest absolute Gasteiger partial charge is 0.419 e. The highest BCUT2D eigenvalue weighted by atomic mass is 16.6. The molecule has 3 rings (SSSR count). The number of nitrogens with one attached hydrogen (secondary N) is 2. The second-order valence-electron chi connectivity index (χ2n) is 7.81. The zero-order valence-electron chi connectivity index (χ0n) is 17.1. The Morgan fingerprint density at radius 2 is 1.87 bits per heavy atom. The van der Waals surface area contributed by atoms with Gasteiger partial charge in [0, 0.05) is 23.7 Å². The molecule has 2 heterocycles. The van der Waals surface area contributed by atoms with Crippen molar-refractivity contribution in [2.75, 3.05) is 6.54 Å². The number of hydroxylamine groups is 1. The highest BCUT2D eigenvalue weighted by Crippen LogP contribution is 2.29. The summed E-state index contributed by atoms with van der Waals surface area (Å²) in [4.78, 5) is 40.5. The first kappa shape index (κ1) is 21.3. The Bertz CT molecular complexity index is 1110. The van der Waals surface area contributed by atoms with Crippen LogP contribution in [0.15, 0.2) is 36.5 Å². The van der Waals surface area contributed by atoms with E-state index in [2.05, 4.69) is 10.3 Å². The lowest BCUT2D eigenvalue weighted by Crippen LogP contribution is -2.27. The van der Waals surface area contributed by atoms with Crippen LogP contribution in [0.3, 0.4) is 0 Å². The van der Waals surface area contributed by atoms with Crippen molar-refractivity contribution < 1.29 is 24.3 Å². The predicted octanol–water partition coefficient (Wildman–Crippen LogP) is 2.99. The van der Waals surface area contributed by atoms with Crippen LogP contribution in [0.5, 0.6) is 0 Å². The summed E-state index contributed by atoms with van der Waals surface area (Å²) in [5, 5.41) is 12.7. The van der Waals surface area contributed by atoms with Gasteiger partial charge in [-0.15, -0.1) is 0 Å². The van der Waals surface area contributed by atoms with Crippen LogP contribution in [0.2, 0.25) is 0 Å². The van der Waals surface area contributed by atoms with Gasteiger partial charge in [-0.1, -0.05) is 18.2 Å². The van der Waals surface area contributed by atoms with Crippen molar-refractivity contribution in [3.8, 4) is 0 Å². The van der Waals surface area contributed by atoms with Gasteiger partial charge in [-0.2, -0.15) is 0 Å². The number of benzene rings is 1. The average Bonchev–Trinajstić information content (AvgIpc) is 3.03. The molecular weight excluding hydrogens is 388 g/mol. The molecule has 0 spiro atoms. The molecule has 0 aliphatic rings. The van der Waals surface area contributed by atoms with E-state index in [1.165, 1.54) is 10.8 Å². The summed E-state index contributed by atoms with van der Waals surface area (Å²) in [5.74, 6) is -0.908. The third-order valence-electron chi connectivity index (χ3n) is 4.36. The first-order chi connectivity index (χ1) is 14.2. The van der Waals surface area contributed by atoms with Crippen molar-refractivity contribution in [2.45, 2.75) is 39.2 Å². The molecule has 0 bridgehead atoms. The fourth-order valence-electron chi connectivity index (χ4n) is 3.09. The largest absolute Gasteiger partial charge is 0.443 e. The summed E-state index contributed by atoms with van der Waals surface area (Å²) < 4.78 is 6.99. The minimum atomic E-state index is -0.658. The molecule has 0 saturated carbocycles. The molecule has 9 nitrogen and oxygen atoms in total. The standard InChI is InChI=1S/C21H24N4O5/c1-21(2,3)30-20(28)25-16-8-5-4-7-13(16)14-11-15(23-12-17(14)25)19(27)22-10-6-9-18(26)24-29/h4-5,7-8,11-12,29H,6,9-10H2,1-3H3,(H,22,27)(H,24,26). The number of ether oxygens (including phenoxy) is 1. The summed E-state index contributed by atoms with van der Waals surface area (Å²) in [5.41, 5.74) is 2.29. The highest BCUT2D eigenvalue weighted by molar-refractivity contribution is 6.13. The zero-order valence-corrected chi connectivity index (χ0v) is 17.1. The lowest BCUT2D eigenvalue weighted by atomic mass is 10.1. The maximum Gasteiger partial charge on any atom is 0.419 e. The van der Waals surface area contributed by atoms with Crippen LogP contribution in [-0.4, -0.2) is 44.8 Å². The van der Waals surface area contributed by atoms with Crippen LogP contribution >= 0.6 is 0 Å². The van der Waals surface area contributed by atoms with Gasteiger partial charge in [0.15, 0.2) is 0 Å². The predicted molar refractivity (Wildman–Crippen MR) is 110 cm³/mol. The van der Waals surface area contributed by atoms with E-state index in [-0.39, 0.29) is 18.7 Å². The molecule has 0 saturated heterocycles. The highest BCUT2D eigenvalue weighted by Gasteiger charge is 2.23. The summed E-state index contributed by atoms with van der Waals surface area (Å²) in [6.07, 6.45) is 1.42. The summed E-state index contributed by atoms with van der Waals surface area (Å²) >= 11 is 0. The molecule has 1 aromatic carbocycles. The SMILES string of the molecule is CC(C)(C)OC(=O)n1c2ccccc2c2cc(C(=O)NCCCC(=O)NO)ncc21. The topological polar surface area (TPSA) is 123 Å². The Morgan fingerprint density at radius 3 is 2.57 bits per heavy atom. The van der Waals surface area contributed by atoms with Gasteiger partial charge >= 0.3 is 6.09 Å². The van der Waals surface area contributed by atoms with Gasteiger partial charge in [0.2, 0.25) is 5.91 Å². The minimum absolute atomic E-state index is 0.0899. The maximum atomic E-state index is 12.8.